The second-order valence-corrected chi connectivity index (χ2v) is 7.64. The van der Waals surface area contributed by atoms with Crippen molar-refractivity contribution in [1.82, 2.24) is 14.9 Å². The number of hydrogen-bond acceptors (Lipinski definition) is 4. The molecule has 4 rings (SSSR count). The van der Waals surface area contributed by atoms with Crippen LogP contribution in [0.3, 0.4) is 0 Å². The van der Waals surface area contributed by atoms with E-state index >= 15 is 0 Å². The number of benzene rings is 1. The molecule has 0 saturated carbocycles. The fourth-order valence-corrected chi connectivity index (χ4v) is 4.34. The van der Waals surface area contributed by atoms with Crippen LogP contribution in [-0.4, -0.2) is 28.0 Å². The molecule has 130 valence electrons. The van der Waals surface area contributed by atoms with Crippen molar-refractivity contribution in [1.29, 1.82) is 0 Å². The number of fused-ring (bicyclic) bond motifs is 1. The third-order valence-corrected chi connectivity index (χ3v) is 5.78. The van der Waals surface area contributed by atoms with E-state index in [2.05, 4.69) is 21.8 Å². The quantitative estimate of drug-likeness (QED) is 0.770. The predicted molar refractivity (Wildman–Crippen MR) is 99.3 cm³/mol. The lowest BCUT2D eigenvalue weighted by Crippen LogP contribution is -2.33. The summed E-state index contributed by atoms with van der Waals surface area (Å²) < 4.78 is 14.1. The average molecular weight is 357 g/mol. The highest BCUT2D eigenvalue weighted by Crippen LogP contribution is 2.32. The zero-order valence-corrected chi connectivity index (χ0v) is 14.9. The van der Waals surface area contributed by atoms with Gasteiger partial charge in [-0.3, -0.25) is 9.69 Å². The zero-order chi connectivity index (χ0) is 17.4. The minimum Gasteiger partial charge on any atom is -0.309 e. The molecule has 0 atom stereocenters. The third-order valence-electron chi connectivity index (χ3n) is 4.91. The molecule has 0 aliphatic carbocycles. The molecular weight excluding hydrogens is 337 g/mol. The van der Waals surface area contributed by atoms with E-state index in [1.165, 1.54) is 30.2 Å². The third kappa shape index (κ3) is 3.24. The highest BCUT2D eigenvalue weighted by atomic mass is 32.1. The van der Waals surface area contributed by atoms with Gasteiger partial charge in [-0.1, -0.05) is 25.1 Å². The first-order valence-corrected chi connectivity index (χ1v) is 9.47. The molecule has 1 aliphatic rings. The number of nitrogens with one attached hydrogen (secondary N) is 1. The Morgan fingerprint density at radius 3 is 2.80 bits per heavy atom. The van der Waals surface area contributed by atoms with Crippen molar-refractivity contribution in [3.8, 4) is 11.1 Å². The van der Waals surface area contributed by atoms with Crippen LogP contribution in [0.5, 0.6) is 0 Å². The average Bonchev–Trinajstić information content (AvgIpc) is 3.02. The zero-order valence-electron chi connectivity index (χ0n) is 14.1. The van der Waals surface area contributed by atoms with Gasteiger partial charge in [-0.2, -0.15) is 0 Å². The number of thiophene rings is 1. The van der Waals surface area contributed by atoms with E-state index in [-0.39, 0.29) is 11.4 Å². The number of rotatable bonds is 3. The lowest BCUT2D eigenvalue weighted by molar-refractivity contribution is 0.181. The molecule has 1 fully saturated rings. The van der Waals surface area contributed by atoms with Gasteiger partial charge in [0.05, 0.1) is 11.9 Å². The summed E-state index contributed by atoms with van der Waals surface area (Å²) in [5.74, 6) is 1.13. The van der Waals surface area contributed by atoms with E-state index < -0.39 is 0 Å². The molecule has 0 spiro atoms. The van der Waals surface area contributed by atoms with Gasteiger partial charge >= 0.3 is 0 Å². The van der Waals surface area contributed by atoms with Crippen LogP contribution in [0, 0.1) is 11.7 Å². The first-order valence-electron chi connectivity index (χ1n) is 8.59. The SMILES string of the molecule is CC1CCN(Cc2nc3scc(-c4ccccc4F)c3c(=O)[nH]2)CC1. The topological polar surface area (TPSA) is 49.0 Å². The van der Waals surface area contributed by atoms with Crippen molar-refractivity contribution in [2.75, 3.05) is 13.1 Å². The fraction of sp³-hybridized carbons (Fsp3) is 0.368. The Balaban J connectivity index is 1.68. The van der Waals surface area contributed by atoms with Crippen molar-refractivity contribution in [3.05, 3.63) is 51.6 Å². The van der Waals surface area contributed by atoms with E-state index in [0.717, 1.165) is 19.0 Å². The standard InChI is InChI=1S/C19H20FN3OS/c1-12-6-8-23(9-7-12)10-16-21-18(24)17-14(11-25-19(17)22-16)13-4-2-3-5-15(13)20/h2-5,11-12H,6-10H2,1H3,(H,21,22,24). The van der Waals surface area contributed by atoms with Crippen LogP contribution in [0.2, 0.25) is 0 Å². The molecule has 6 heteroatoms. The van der Waals surface area contributed by atoms with E-state index in [1.807, 2.05) is 5.38 Å². The van der Waals surface area contributed by atoms with Crippen molar-refractivity contribution in [2.24, 2.45) is 5.92 Å². The molecule has 1 aromatic carbocycles. The summed E-state index contributed by atoms with van der Waals surface area (Å²) in [5.41, 5.74) is 0.869. The number of hydrogen-bond donors (Lipinski definition) is 1. The molecule has 25 heavy (non-hydrogen) atoms. The number of aromatic nitrogens is 2. The Morgan fingerprint density at radius 1 is 1.28 bits per heavy atom. The highest BCUT2D eigenvalue weighted by molar-refractivity contribution is 7.17. The van der Waals surface area contributed by atoms with Gasteiger partial charge < -0.3 is 4.98 Å². The monoisotopic (exact) mass is 357 g/mol. The van der Waals surface area contributed by atoms with Crippen LogP contribution < -0.4 is 5.56 Å². The molecule has 0 bridgehead atoms. The Morgan fingerprint density at radius 2 is 2.04 bits per heavy atom. The van der Waals surface area contributed by atoms with E-state index in [1.54, 1.807) is 18.2 Å². The predicted octanol–water partition coefficient (Wildman–Crippen LogP) is 4.02. The summed E-state index contributed by atoms with van der Waals surface area (Å²) in [7, 11) is 0. The summed E-state index contributed by atoms with van der Waals surface area (Å²) in [5, 5.41) is 2.30. The molecule has 1 N–H and O–H groups in total. The fourth-order valence-electron chi connectivity index (χ4n) is 3.38. The second kappa shape index (κ2) is 6.69. The van der Waals surface area contributed by atoms with E-state index in [0.29, 0.717) is 33.7 Å². The van der Waals surface area contributed by atoms with Gasteiger partial charge in [0.1, 0.15) is 16.5 Å². The van der Waals surface area contributed by atoms with Gasteiger partial charge in [0.25, 0.3) is 5.56 Å². The number of aromatic amines is 1. The Hall–Kier alpha value is -2.05. The molecule has 1 aliphatic heterocycles. The highest BCUT2D eigenvalue weighted by Gasteiger charge is 2.19. The number of piperidine rings is 1. The van der Waals surface area contributed by atoms with E-state index in [9.17, 15) is 9.18 Å². The Labute approximate surface area is 149 Å². The van der Waals surface area contributed by atoms with Gasteiger partial charge in [-0.15, -0.1) is 11.3 Å². The number of halogens is 1. The lowest BCUT2D eigenvalue weighted by atomic mass is 9.99. The first-order chi connectivity index (χ1) is 12.1. The summed E-state index contributed by atoms with van der Waals surface area (Å²) in [6.45, 7) is 5.01. The van der Waals surface area contributed by atoms with Crippen LogP contribution in [-0.2, 0) is 6.54 Å². The maximum Gasteiger partial charge on any atom is 0.260 e. The summed E-state index contributed by atoms with van der Waals surface area (Å²) >= 11 is 1.39. The van der Waals surface area contributed by atoms with Gasteiger partial charge in [0.15, 0.2) is 0 Å². The minimum atomic E-state index is -0.326. The molecule has 3 heterocycles. The smallest absolute Gasteiger partial charge is 0.260 e. The Kier molecular flexibility index (Phi) is 4.39. The normalized spacial score (nSPS) is 16.6. The molecule has 1 saturated heterocycles. The van der Waals surface area contributed by atoms with Crippen molar-refractivity contribution in [3.63, 3.8) is 0 Å². The van der Waals surface area contributed by atoms with Crippen LogP contribution in [0.4, 0.5) is 4.39 Å². The number of nitrogens with zero attached hydrogens (tertiary/aromatic N) is 2. The molecule has 4 nitrogen and oxygen atoms in total. The maximum absolute atomic E-state index is 14.1. The first kappa shape index (κ1) is 16.4. The number of H-pyrrole nitrogens is 1. The Bertz CT molecular complexity index is 957. The minimum absolute atomic E-state index is 0.190. The van der Waals surface area contributed by atoms with Crippen molar-refractivity contribution in [2.45, 2.75) is 26.3 Å². The molecule has 0 amide bonds. The maximum atomic E-state index is 14.1. The summed E-state index contributed by atoms with van der Waals surface area (Å²) in [6.07, 6.45) is 2.37. The molecule has 2 aromatic heterocycles. The van der Waals surface area contributed by atoms with Gasteiger partial charge in [-0.05, 0) is 37.9 Å². The van der Waals surface area contributed by atoms with E-state index in [4.69, 9.17) is 0 Å². The lowest BCUT2D eigenvalue weighted by Gasteiger charge is -2.29. The van der Waals surface area contributed by atoms with Crippen LogP contribution in [0.15, 0.2) is 34.4 Å². The van der Waals surface area contributed by atoms with Crippen molar-refractivity contribution < 1.29 is 4.39 Å². The summed E-state index contributed by atoms with van der Waals surface area (Å²) in [4.78, 5) is 23.2. The molecule has 0 radical (unpaired) electrons. The van der Waals surface area contributed by atoms with Gasteiger partial charge in [-0.25, -0.2) is 9.37 Å². The van der Waals surface area contributed by atoms with Crippen LogP contribution in [0.1, 0.15) is 25.6 Å². The van der Waals surface area contributed by atoms with Crippen molar-refractivity contribution >= 4 is 21.6 Å². The largest absolute Gasteiger partial charge is 0.309 e. The molecule has 3 aromatic rings. The van der Waals surface area contributed by atoms with Gasteiger partial charge in [0.2, 0.25) is 0 Å². The van der Waals surface area contributed by atoms with Crippen LogP contribution in [0.25, 0.3) is 21.3 Å². The van der Waals surface area contributed by atoms with Crippen LogP contribution >= 0.6 is 11.3 Å². The second-order valence-electron chi connectivity index (χ2n) is 6.78. The number of likely N-dealkylation sites (tertiary alicyclic amines) is 1. The van der Waals surface area contributed by atoms with Gasteiger partial charge in [0, 0.05) is 16.5 Å². The summed E-state index contributed by atoms with van der Waals surface area (Å²) in [6, 6.07) is 6.52. The molecule has 0 unspecified atom stereocenters. The molecular formula is C19H20FN3OS.